The van der Waals surface area contributed by atoms with Crippen LogP contribution in [0.3, 0.4) is 0 Å². The molecule has 2 aromatic rings. The van der Waals surface area contributed by atoms with Crippen molar-refractivity contribution in [2.24, 2.45) is 0 Å². The van der Waals surface area contributed by atoms with Crippen molar-refractivity contribution in [3.63, 3.8) is 0 Å². The number of likely N-dealkylation sites (tertiary alicyclic amines) is 1. The molecule has 2 aliphatic rings. The number of amides is 2. The summed E-state index contributed by atoms with van der Waals surface area (Å²) in [6.07, 6.45) is 2.19. The average Bonchev–Trinajstić information content (AvgIpc) is 3.12. The number of nitrogens with zero attached hydrogens (tertiary/aromatic N) is 2. The molecular formula is C24H29N3O5S. The van der Waals surface area contributed by atoms with Gasteiger partial charge in [0.2, 0.25) is 15.9 Å². The predicted octanol–water partition coefficient (Wildman–Crippen LogP) is 2.55. The van der Waals surface area contributed by atoms with E-state index < -0.39 is 16.1 Å². The Morgan fingerprint density at radius 2 is 1.67 bits per heavy atom. The SMILES string of the molecule is CCCOc1ccc(N2C(=O)C[C@H](N3CCC(NS(=O)(=O)c4ccccc4)CC3)C2=O)cc1. The average molecular weight is 472 g/mol. The van der Waals surface area contributed by atoms with Gasteiger partial charge in [-0.2, -0.15) is 0 Å². The number of carbonyl (C=O) groups is 2. The summed E-state index contributed by atoms with van der Waals surface area (Å²) in [7, 11) is -3.58. The van der Waals surface area contributed by atoms with Crippen LogP contribution in [-0.2, 0) is 19.6 Å². The predicted molar refractivity (Wildman–Crippen MR) is 124 cm³/mol. The molecule has 2 aromatic carbocycles. The molecule has 2 saturated heterocycles. The molecule has 0 radical (unpaired) electrons. The van der Waals surface area contributed by atoms with Crippen molar-refractivity contribution in [3.05, 3.63) is 54.6 Å². The highest BCUT2D eigenvalue weighted by atomic mass is 32.2. The largest absolute Gasteiger partial charge is 0.494 e. The van der Waals surface area contributed by atoms with Crippen molar-refractivity contribution in [2.45, 2.75) is 49.6 Å². The lowest BCUT2D eigenvalue weighted by molar-refractivity contribution is -0.123. The molecule has 4 rings (SSSR count). The summed E-state index contributed by atoms with van der Waals surface area (Å²) < 4.78 is 33.5. The third-order valence-electron chi connectivity index (χ3n) is 6.04. The molecule has 176 valence electrons. The number of ether oxygens (including phenoxy) is 1. The van der Waals surface area contributed by atoms with Gasteiger partial charge in [-0.15, -0.1) is 0 Å². The Kier molecular flexibility index (Phi) is 7.11. The van der Waals surface area contributed by atoms with Gasteiger partial charge in [0.25, 0.3) is 5.91 Å². The Labute approximate surface area is 194 Å². The Morgan fingerprint density at radius 3 is 2.30 bits per heavy atom. The zero-order valence-electron chi connectivity index (χ0n) is 18.6. The molecule has 2 amide bonds. The first-order valence-electron chi connectivity index (χ1n) is 11.3. The van der Waals surface area contributed by atoms with Gasteiger partial charge in [0.1, 0.15) is 5.75 Å². The lowest BCUT2D eigenvalue weighted by Crippen LogP contribution is -2.50. The van der Waals surface area contributed by atoms with Crippen LogP contribution in [0.4, 0.5) is 5.69 Å². The molecule has 0 bridgehead atoms. The number of nitrogens with one attached hydrogen (secondary N) is 1. The molecule has 9 heteroatoms. The second kappa shape index (κ2) is 10.0. The Bertz CT molecular complexity index is 1080. The molecule has 0 aliphatic carbocycles. The Morgan fingerprint density at radius 1 is 1.00 bits per heavy atom. The van der Waals surface area contributed by atoms with Crippen LogP contribution in [0.5, 0.6) is 5.75 Å². The first kappa shape index (κ1) is 23.4. The topological polar surface area (TPSA) is 96.0 Å². The van der Waals surface area contributed by atoms with Crippen molar-refractivity contribution in [2.75, 3.05) is 24.6 Å². The van der Waals surface area contributed by atoms with Crippen LogP contribution in [0.1, 0.15) is 32.6 Å². The van der Waals surface area contributed by atoms with Gasteiger partial charge in [0.05, 0.1) is 29.7 Å². The Balaban J connectivity index is 1.35. The maximum absolute atomic E-state index is 13.1. The third-order valence-corrected chi connectivity index (χ3v) is 7.57. The molecule has 1 atom stereocenters. The summed E-state index contributed by atoms with van der Waals surface area (Å²) in [6, 6.07) is 14.6. The molecule has 0 aromatic heterocycles. The number of hydrogen-bond acceptors (Lipinski definition) is 6. The number of piperidine rings is 1. The second-order valence-corrected chi connectivity index (χ2v) is 10.1. The van der Waals surface area contributed by atoms with E-state index in [0.29, 0.717) is 44.0 Å². The number of imide groups is 1. The van der Waals surface area contributed by atoms with E-state index in [1.165, 1.54) is 4.90 Å². The number of rotatable bonds is 8. The van der Waals surface area contributed by atoms with Gasteiger partial charge in [0.15, 0.2) is 0 Å². The highest BCUT2D eigenvalue weighted by molar-refractivity contribution is 7.89. The lowest BCUT2D eigenvalue weighted by Gasteiger charge is -2.34. The van der Waals surface area contributed by atoms with Crippen molar-refractivity contribution < 1.29 is 22.7 Å². The molecule has 0 spiro atoms. The summed E-state index contributed by atoms with van der Waals surface area (Å²) in [6.45, 7) is 3.73. The van der Waals surface area contributed by atoms with Gasteiger partial charge >= 0.3 is 0 Å². The molecule has 2 aliphatic heterocycles. The highest BCUT2D eigenvalue weighted by Crippen LogP contribution is 2.29. The minimum atomic E-state index is -3.58. The fourth-order valence-corrected chi connectivity index (χ4v) is 5.63. The van der Waals surface area contributed by atoms with Crippen molar-refractivity contribution in [1.29, 1.82) is 0 Å². The summed E-state index contributed by atoms with van der Waals surface area (Å²) in [5.74, 6) is 0.251. The van der Waals surface area contributed by atoms with E-state index in [-0.39, 0.29) is 29.2 Å². The third kappa shape index (κ3) is 5.26. The molecule has 33 heavy (non-hydrogen) atoms. The zero-order valence-corrected chi connectivity index (χ0v) is 19.5. The normalized spacial score (nSPS) is 20.4. The summed E-state index contributed by atoms with van der Waals surface area (Å²) in [4.78, 5) is 29.2. The van der Waals surface area contributed by atoms with Crippen LogP contribution in [0, 0.1) is 0 Å². The minimum absolute atomic E-state index is 0.132. The number of sulfonamides is 1. The molecule has 0 unspecified atom stereocenters. The second-order valence-electron chi connectivity index (χ2n) is 8.37. The van der Waals surface area contributed by atoms with E-state index in [0.717, 1.165) is 6.42 Å². The van der Waals surface area contributed by atoms with Crippen molar-refractivity contribution in [1.82, 2.24) is 9.62 Å². The molecule has 0 saturated carbocycles. The monoisotopic (exact) mass is 471 g/mol. The minimum Gasteiger partial charge on any atom is -0.494 e. The standard InChI is InChI=1S/C24H29N3O5S/c1-2-16-32-20-10-8-19(9-11-20)27-23(28)17-22(24(27)29)26-14-12-18(13-15-26)25-33(30,31)21-6-4-3-5-7-21/h3-11,18,22,25H,2,12-17H2,1H3/t22-/m0/s1. The van der Waals surface area contributed by atoms with Crippen LogP contribution in [0.2, 0.25) is 0 Å². The first-order valence-corrected chi connectivity index (χ1v) is 12.8. The smallest absolute Gasteiger partial charge is 0.251 e. The number of anilines is 1. The molecule has 2 fully saturated rings. The van der Waals surface area contributed by atoms with Crippen molar-refractivity contribution >= 4 is 27.5 Å². The van der Waals surface area contributed by atoms with Crippen LogP contribution < -0.4 is 14.4 Å². The van der Waals surface area contributed by atoms with Gasteiger partial charge in [-0.05, 0) is 55.7 Å². The van der Waals surface area contributed by atoms with Crippen LogP contribution in [-0.4, -0.2) is 56.9 Å². The van der Waals surface area contributed by atoms with Gasteiger partial charge in [-0.3, -0.25) is 14.5 Å². The van der Waals surface area contributed by atoms with Crippen LogP contribution in [0.15, 0.2) is 59.5 Å². The highest BCUT2D eigenvalue weighted by Gasteiger charge is 2.43. The quantitative estimate of drug-likeness (QED) is 0.595. The molecule has 1 N–H and O–H groups in total. The molecule has 2 heterocycles. The Hall–Kier alpha value is -2.75. The molecule has 8 nitrogen and oxygen atoms in total. The van der Waals surface area contributed by atoms with E-state index in [9.17, 15) is 18.0 Å². The van der Waals surface area contributed by atoms with Crippen molar-refractivity contribution in [3.8, 4) is 5.75 Å². The van der Waals surface area contributed by atoms with Crippen LogP contribution in [0.25, 0.3) is 0 Å². The fraction of sp³-hybridized carbons (Fsp3) is 0.417. The fourth-order valence-electron chi connectivity index (χ4n) is 4.30. The van der Waals surface area contributed by atoms with Gasteiger partial charge < -0.3 is 4.74 Å². The van der Waals surface area contributed by atoms with E-state index >= 15 is 0 Å². The molecular weight excluding hydrogens is 442 g/mol. The maximum atomic E-state index is 13.1. The number of hydrogen-bond donors (Lipinski definition) is 1. The van der Waals surface area contributed by atoms with Gasteiger partial charge in [0, 0.05) is 19.1 Å². The summed E-state index contributed by atoms with van der Waals surface area (Å²) in [5.41, 5.74) is 0.543. The zero-order chi connectivity index (χ0) is 23.4. The lowest BCUT2D eigenvalue weighted by atomic mass is 10.0. The summed E-state index contributed by atoms with van der Waals surface area (Å²) >= 11 is 0. The summed E-state index contributed by atoms with van der Waals surface area (Å²) in [5, 5.41) is 0. The van der Waals surface area contributed by atoms with E-state index in [1.807, 2.05) is 11.8 Å². The first-order chi connectivity index (χ1) is 15.9. The van der Waals surface area contributed by atoms with Gasteiger partial charge in [-0.1, -0.05) is 25.1 Å². The van der Waals surface area contributed by atoms with Gasteiger partial charge in [-0.25, -0.2) is 18.0 Å². The van der Waals surface area contributed by atoms with E-state index in [4.69, 9.17) is 4.74 Å². The van der Waals surface area contributed by atoms with E-state index in [1.54, 1.807) is 54.6 Å². The number of benzene rings is 2. The van der Waals surface area contributed by atoms with E-state index in [2.05, 4.69) is 4.72 Å². The number of carbonyl (C=O) groups excluding carboxylic acids is 2. The maximum Gasteiger partial charge on any atom is 0.251 e. The van der Waals surface area contributed by atoms with Crippen LogP contribution >= 0.6 is 0 Å².